The molecule has 1 saturated carbocycles. The highest BCUT2D eigenvalue weighted by molar-refractivity contribution is 5.92. The van der Waals surface area contributed by atoms with Gasteiger partial charge in [-0.2, -0.15) is 0 Å². The molecule has 3 rings (SSSR count). The number of carbonyl (C=O) groups excluding carboxylic acids is 2. The van der Waals surface area contributed by atoms with Crippen LogP contribution in [0, 0.1) is 5.92 Å². The zero-order chi connectivity index (χ0) is 16.9. The van der Waals surface area contributed by atoms with E-state index in [9.17, 15) is 9.59 Å². The van der Waals surface area contributed by atoms with Crippen LogP contribution in [0.3, 0.4) is 0 Å². The summed E-state index contributed by atoms with van der Waals surface area (Å²) in [6.45, 7) is 0.00348. The van der Waals surface area contributed by atoms with Crippen LogP contribution in [0.25, 0.3) is 0 Å². The van der Waals surface area contributed by atoms with Crippen molar-refractivity contribution in [1.82, 2.24) is 15.0 Å². The Morgan fingerprint density at radius 3 is 2.88 bits per heavy atom. The third-order valence-corrected chi connectivity index (χ3v) is 3.92. The Labute approximate surface area is 139 Å². The van der Waals surface area contributed by atoms with E-state index in [1.165, 1.54) is 4.68 Å². The number of ether oxygens (including phenoxy) is 1. The van der Waals surface area contributed by atoms with Gasteiger partial charge < -0.3 is 15.4 Å². The molecule has 1 aliphatic carbocycles. The summed E-state index contributed by atoms with van der Waals surface area (Å²) >= 11 is 0. The van der Waals surface area contributed by atoms with Crippen molar-refractivity contribution >= 4 is 23.3 Å². The summed E-state index contributed by atoms with van der Waals surface area (Å²) in [5.74, 6) is 0.821. The highest BCUT2D eigenvalue weighted by Crippen LogP contribution is 2.27. The predicted molar refractivity (Wildman–Crippen MR) is 87.6 cm³/mol. The van der Waals surface area contributed by atoms with Gasteiger partial charge in [-0.3, -0.25) is 9.59 Å². The van der Waals surface area contributed by atoms with Gasteiger partial charge in [-0.25, -0.2) is 4.68 Å². The van der Waals surface area contributed by atoms with E-state index in [2.05, 4.69) is 20.9 Å². The molecule has 24 heavy (non-hydrogen) atoms. The monoisotopic (exact) mass is 329 g/mol. The molecule has 0 bridgehead atoms. The van der Waals surface area contributed by atoms with Gasteiger partial charge in [0.15, 0.2) is 5.82 Å². The lowest BCUT2D eigenvalue weighted by atomic mass is 9.85. The average molecular weight is 329 g/mol. The molecule has 0 unspecified atom stereocenters. The number of hydrogen-bond acceptors (Lipinski definition) is 5. The average Bonchev–Trinajstić information content (AvgIpc) is 2.92. The molecule has 0 spiro atoms. The Kier molecular flexibility index (Phi) is 4.74. The lowest BCUT2D eigenvalue weighted by molar-refractivity contribution is -0.122. The van der Waals surface area contributed by atoms with Crippen LogP contribution in [0.2, 0.25) is 0 Å². The van der Waals surface area contributed by atoms with E-state index < -0.39 is 0 Å². The van der Waals surface area contributed by atoms with Crippen LogP contribution >= 0.6 is 0 Å². The molecule has 2 amide bonds. The number of anilines is 2. The highest BCUT2D eigenvalue weighted by Gasteiger charge is 2.25. The zero-order valence-corrected chi connectivity index (χ0v) is 13.4. The quantitative estimate of drug-likeness (QED) is 0.840. The molecule has 8 nitrogen and oxygen atoms in total. The van der Waals surface area contributed by atoms with Crippen molar-refractivity contribution in [3.05, 3.63) is 30.5 Å². The number of nitrogens with zero attached hydrogens (tertiary/aromatic N) is 3. The first-order valence-corrected chi connectivity index (χ1v) is 7.79. The van der Waals surface area contributed by atoms with Crippen LogP contribution in [0.15, 0.2) is 30.5 Å². The fourth-order valence-electron chi connectivity index (χ4n) is 2.38. The van der Waals surface area contributed by atoms with Crippen LogP contribution in [-0.4, -0.2) is 33.9 Å². The molecule has 8 heteroatoms. The molecule has 1 heterocycles. The first-order chi connectivity index (χ1) is 11.6. The Morgan fingerprint density at radius 2 is 2.17 bits per heavy atom. The van der Waals surface area contributed by atoms with E-state index in [1.807, 2.05) is 0 Å². The number of benzene rings is 1. The number of methoxy groups -OCH3 is 1. The SMILES string of the molecule is COc1cccc(NC(=O)Cn2cc(NC(=O)C3CCC3)nn2)c1. The van der Waals surface area contributed by atoms with Gasteiger partial charge in [-0.15, -0.1) is 5.10 Å². The molecule has 1 fully saturated rings. The molecule has 1 aromatic carbocycles. The third-order valence-electron chi connectivity index (χ3n) is 3.92. The first kappa shape index (κ1) is 16.0. The van der Waals surface area contributed by atoms with E-state index in [4.69, 9.17) is 4.74 Å². The van der Waals surface area contributed by atoms with Crippen molar-refractivity contribution in [2.75, 3.05) is 17.7 Å². The minimum Gasteiger partial charge on any atom is -0.497 e. The molecule has 0 aliphatic heterocycles. The van der Waals surface area contributed by atoms with Gasteiger partial charge in [0.1, 0.15) is 12.3 Å². The number of nitrogens with one attached hydrogen (secondary N) is 2. The van der Waals surface area contributed by atoms with Crippen molar-refractivity contribution in [2.24, 2.45) is 5.92 Å². The van der Waals surface area contributed by atoms with Gasteiger partial charge in [-0.05, 0) is 25.0 Å². The molecule has 0 radical (unpaired) electrons. The first-order valence-electron chi connectivity index (χ1n) is 7.79. The van der Waals surface area contributed by atoms with Gasteiger partial charge in [0.05, 0.1) is 13.3 Å². The Morgan fingerprint density at radius 1 is 1.33 bits per heavy atom. The second kappa shape index (κ2) is 7.12. The number of aromatic nitrogens is 3. The van der Waals surface area contributed by atoms with Gasteiger partial charge in [-0.1, -0.05) is 17.7 Å². The fourth-order valence-corrected chi connectivity index (χ4v) is 2.38. The lowest BCUT2D eigenvalue weighted by Gasteiger charge is -2.23. The number of rotatable bonds is 6. The van der Waals surface area contributed by atoms with E-state index >= 15 is 0 Å². The number of carbonyl (C=O) groups is 2. The summed E-state index contributed by atoms with van der Waals surface area (Å²) < 4.78 is 6.49. The molecule has 1 aliphatic rings. The summed E-state index contributed by atoms with van der Waals surface area (Å²) in [6, 6.07) is 7.08. The minimum atomic E-state index is -0.245. The standard InChI is InChI=1S/C16H19N5O3/c1-24-13-7-3-6-12(8-13)17-15(22)10-21-9-14(19-20-21)18-16(23)11-4-2-5-11/h3,6-9,11H,2,4-5,10H2,1H3,(H,17,22)(H,18,23). The van der Waals surface area contributed by atoms with Gasteiger partial charge in [0.25, 0.3) is 0 Å². The van der Waals surface area contributed by atoms with Crippen LogP contribution in [0.4, 0.5) is 11.5 Å². The number of hydrogen-bond donors (Lipinski definition) is 2. The predicted octanol–water partition coefficient (Wildman–Crippen LogP) is 1.66. The largest absolute Gasteiger partial charge is 0.497 e. The zero-order valence-electron chi connectivity index (χ0n) is 13.4. The second-order valence-corrected chi connectivity index (χ2v) is 5.70. The van der Waals surface area contributed by atoms with Crippen molar-refractivity contribution < 1.29 is 14.3 Å². The van der Waals surface area contributed by atoms with E-state index in [0.717, 1.165) is 19.3 Å². The van der Waals surface area contributed by atoms with Crippen LogP contribution in [0.1, 0.15) is 19.3 Å². The summed E-state index contributed by atoms with van der Waals surface area (Å²) in [7, 11) is 1.57. The summed E-state index contributed by atoms with van der Waals surface area (Å²) in [5.41, 5.74) is 0.637. The third kappa shape index (κ3) is 3.89. The molecule has 0 saturated heterocycles. The van der Waals surface area contributed by atoms with Gasteiger partial charge in [0, 0.05) is 17.7 Å². The van der Waals surface area contributed by atoms with Crippen LogP contribution < -0.4 is 15.4 Å². The molecule has 0 atom stereocenters. The Bertz CT molecular complexity index is 739. The van der Waals surface area contributed by atoms with Crippen molar-refractivity contribution in [3.63, 3.8) is 0 Å². The molecule has 1 aromatic heterocycles. The van der Waals surface area contributed by atoms with E-state index in [0.29, 0.717) is 17.3 Å². The molecule has 2 aromatic rings. The minimum absolute atomic E-state index is 0.00348. The summed E-state index contributed by atoms with van der Waals surface area (Å²) in [4.78, 5) is 23.9. The van der Waals surface area contributed by atoms with Crippen molar-refractivity contribution in [3.8, 4) is 5.75 Å². The van der Waals surface area contributed by atoms with E-state index in [1.54, 1.807) is 37.6 Å². The maximum Gasteiger partial charge on any atom is 0.246 e. The maximum atomic E-state index is 12.0. The molecular formula is C16H19N5O3. The molecular weight excluding hydrogens is 310 g/mol. The summed E-state index contributed by atoms with van der Waals surface area (Å²) in [5, 5.41) is 13.2. The maximum absolute atomic E-state index is 12.0. The summed E-state index contributed by atoms with van der Waals surface area (Å²) in [6.07, 6.45) is 4.47. The molecule has 126 valence electrons. The van der Waals surface area contributed by atoms with E-state index in [-0.39, 0.29) is 24.3 Å². The topological polar surface area (TPSA) is 98.1 Å². The fraction of sp³-hybridized carbons (Fsp3) is 0.375. The van der Waals surface area contributed by atoms with Crippen molar-refractivity contribution in [2.45, 2.75) is 25.8 Å². The van der Waals surface area contributed by atoms with Gasteiger partial charge >= 0.3 is 0 Å². The van der Waals surface area contributed by atoms with Crippen molar-refractivity contribution in [1.29, 1.82) is 0 Å². The lowest BCUT2D eigenvalue weighted by Crippen LogP contribution is -2.28. The smallest absolute Gasteiger partial charge is 0.246 e. The Balaban J connectivity index is 1.53. The van der Waals surface area contributed by atoms with Gasteiger partial charge in [0.2, 0.25) is 11.8 Å². The number of amides is 2. The highest BCUT2D eigenvalue weighted by atomic mass is 16.5. The second-order valence-electron chi connectivity index (χ2n) is 5.70. The molecule has 2 N–H and O–H groups in total. The Hall–Kier alpha value is -2.90. The van der Waals surface area contributed by atoms with Crippen LogP contribution in [0.5, 0.6) is 5.75 Å². The normalized spacial score (nSPS) is 13.9. The van der Waals surface area contributed by atoms with Crippen LogP contribution in [-0.2, 0) is 16.1 Å².